The summed E-state index contributed by atoms with van der Waals surface area (Å²) < 4.78 is 0. The van der Waals surface area contributed by atoms with Crippen LogP contribution in [0.4, 0.5) is 5.13 Å². The molecule has 35 heavy (non-hydrogen) atoms. The number of hydrogen-bond donors (Lipinski definition) is 3. The van der Waals surface area contributed by atoms with Gasteiger partial charge in [-0.3, -0.25) is 14.5 Å². The van der Waals surface area contributed by atoms with Crippen LogP contribution in [0, 0.1) is 0 Å². The predicted octanol–water partition coefficient (Wildman–Crippen LogP) is -0.213. The molecular weight excluding hydrogens is 496 g/mol. The summed E-state index contributed by atoms with van der Waals surface area (Å²) in [6.45, 7) is 0.957. The van der Waals surface area contributed by atoms with Gasteiger partial charge in [-0.1, -0.05) is 5.16 Å². The number of carboxylic acids is 1. The maximum absolute atomic E-state index is 13.0. The topological polar surface area (TPSA) is 166 Å². The van der Waals surface area contributed by atoms with E-state index in [9.17, 15) is 19.5 Å². The highest BCUT2D eigenvalue weighted by atomic mass is 32.2. The SMILES string of the molecule is CON=C(C(=O)N[C@@H]1C(=O)N2C(C(=O)O)=C(CN3C=CN4CC=CN=C43)CS[C@@H]12)c1csc(N)n1. The van der Waals surface area contributed by atoms with E-state index < -0.39 is 29.2 Å². The van der Waals surface area contributed by atoms with Gasteiger partial charge in [0.05, 0.1) is 0 Å². The quantitative estimate of drug-likeness (QED) is 0.251. The number of fused-ring (bicyclic) bond motifs is 2. The number of β-lactam (4-membered cyclic amide) rings is 1. The maximum Gasteiger partial charge on any atom is 0.352 e. The summed E-state index contributed by atoms with van der Waals surface area (Å²) >= 11 is 2.51. The first-order chi connectivity index (χ1) is 16.9. The lowest BCUT2D eigenvalue weighted by Gasteiger charge is -2.49. The summed E-state index contributed by atoms with van der Waals surface area (Å²) in [7, 11) is 1.28. The third-order valence-corrected chi connectivity index (χ3v) is 7.61. The highest BCUT2D eigenvalue weighted by Crippen LogP contribution is 2.40. The molecular formula is C20H20N8O5S2. The Kier molecular flexibility index (Phi) is 5.94. The van der Waals surface area contributed by atoms with Crippen LogP contribution >= 0.6 is 23.1 Å². The minimum atomic E-state index is -1.20. The first-order valence-corrected chi connectivity index (χ1v) is 12.3. The van der Waals surface area contributed by atoms with Crippen LogP contribution in [0.5, 0.6) is 0 Å². The standard InChI is InChI=1S/C20H20N8O5S2/c1-33-25-12(11-9-35-19(21)23-11)15(29)24-13-16(30)28-14(18(31)32)10(8-34-17(13)28)7-27-6-5-26-4-2-3-22-20(26)27/h2-3,5-6,9,13,17H,4,7-8H2,1H3,(H2,21,23)(H,24,29)(H,31,32)/t13-,17+/m1/s1. The van der Waals surface area contributed by atoms with Crippen molar-refractivity contribution in [1.82, 2.24) is 25.0 Å². The Bertz CT molecular complexity index is 1250. The summed E-state index contributed by atoms with van der Waals surface area (Å²) in [4.78, 5) is 56.2. The molecule has 4 aliphatic heterocycles. The van der Waals surface area contributed by atoms with Gasteiger partial charge in [0.25, 0.3) is 11.8 Å². The highest BCUT2D eigenvalue weighted by molar-refractivity contribution is 8.00. The van der Waals surface area contributed by atoms with E-state index in [0.717, 1.165) is 11.3 Å². The van der Waals surface area contributed by atoms with Crippen molar-refractivity contribution in [2.75, 3.05) is 31.7 Å². The van der Waals surface area contributed by atoms with Gasteiger partial charge in [0.1, 0.15) is 29.9 Å². The molecule has 5 heterocycles. The monoisotopic (exact) mass is 516 g/mol. The summed E-state index contributed by atoms with van der Waals surface area (Å²) in [6.07, 6.45) is 7.33. The average molecular weight is 517 g/mol. The molecule has 0 unspecified atom stereocenters. The zero-order valence-electron chi connectivity index (χ0n) is 18.3. The molecule has 0 aromatic carbocycles. The van der Waals surface area contributed by atoms with E-state index in [0.29, 0.717) is 23.8 Å². The number of nitrogens with zero attached hydrogens (tertiary/aromatic N) is 6. The van der Waals surface area contributed by atoms with Gasteiger partial charge in [-0.25, -0.2) is 14.8 Å². The highest BCUT2D eigenvalue weighted by Gasteiger charge is 2.54. The van der Waals surface area contributed by atoms with Gasteiger partial charge in [-0.05, 0) is 11.6 Å². The number of anilines is 1. The Labute approximate surface area is 207 Å². The van der Waals surface area contributed by atoms with Crippen molar-refractivity contribution in [2.24, 2.45) is 10.1 Å². The number of carboxylic acid groups (broad SMARTS) is 1. The van der Waals surface area contributed by atoms with E-state index in [4.69, 9.17) is 10.6 Å². The Morgan fingerprint density at radius 2 is 2.23 bits per heavy atom. The molecule has 2 atom stereocenters. The number of amides is 2. The van der Waals surface area contributed by atoms with E-state index in [2.05, 4.69) is 20.4 Å². The Morgan fingerprint density at radius 3 is 2.94 bits per heavy atom. The zero-order valence-corrected chi connectivity index (χ0v) is 20.0. The van der Waals surface area contributed by atoms with E-state index in [1.165, 1.54) is 23.8 Å². The first-order valence-electron chi connectivity index (χ1n) is 10.4. The van der Waals surface area contributed by atoms with Crippen molar-refractivity contribution < 1.29 is 24.3 Å². The Morgan fingerprint density at radius 1 is 1.40 bits per heavy atom. The zero-order chi connectivity index (χ0) is 24.7. The molecule has 0 bridgehead atoms. The number of hydrogen-bond acceptors (Lipinski definition) is 12. The second-order valence-electron chi connectivity index (χ2n) is 7.70. The number of rotatable bonds is 7. The largest absolute Gasteiger partial charge is 0.477 e. The van der Waals surface area contributed by atoms with E-state index in [-0.39, 0.29) is 28.8 Å². The number of thiazole rings is 1. The fraction of sp³-hybridized carbons (Fsp3) is 0.300. The average Bonchev–Trinajstić information content (AvgIpc) is 3.46. The van der Waals surface area contributed by atoms with Crippen molar-refractivity contribution in [1.29, 1.82) is 0 Å². The maximum atomic E-state index is 13.0. The van der Waals surface area contributed by atoms with Gasteiger partial charge in [-0.2, -0.15) is 0 Å². The van der Waals surface area contributed by atoms with E-state index >= 15 is 0 Å². The molecule has 13 nitrogen and oxygen atoms in total. The van der Waals surface area contributed by atoms with Crippen molar-refractivity contribution in [2.45, 2.75) is 11.4 Å². The van der Waals surface area contributed by atoms with Gasteiger partial charge in [0, 0.05) is 42.8 Å². The van der Waals surface area contributed by atoms with Crippen LogP contribution in [0.25, 0.3) is 0 Å². The smallest absolute Gasteiger partial charge is 0.352 e. The first kappa shape index (κ1) is 22.9. The molecule has 5 rings (SSSR count). The number of carbonyl (C=O) groups excluding carboxylic acids is 2. The number of aromatic nitrogens is 1. The molecule has 0 saturated carbocycles. The van der Waals surface area contributed by atoms with Crippen LogP contribution in [0.15, 0.2) is 51.5 Å². The van der Waals surface area contributed by atoms with Crippen LogP contribution in [-0.4, -0.2) is 91.6 Å². The third kappa shape index (κ3) is 4.01. The summed E-state index contributed by atoms with van der Waals surface area (Å²) in [6, 6.07) is -0.920. The van der Waals surface area contributed by atoms with Gasteiger partial charge < -0.3 is 30.8 Å². The van der Waals surface area contributed by atoms with Crippen LogP contribution in [0.3, 0.4) is 0 Å². The molecule has 1 aromatic heterocycles. The van der Waals surface area contributed by atoms with Crippen LogP contribution in [0.1, 0.15) is 5.69 Å². The summed E-state index contributed by atoms with van der Waals surface area (Å²) in [5, 5.41) is 17.5. The fourth-order valence-corrected chi connectivity index (χ4v) is 5.95. The fourth-order valence-electron chi connectivity index (χ4n) is 4.07. The number of nitrogens with two attached hydrogens (primary N) is 1. The Hall–Kier alpha value is -3.85. The minimum Gasteiger partial charge on any atom is -0.477 e. The predicted molar refractivity (Wildman–Crippen MR) is 129 cm³/mol. The summed E-state index contributed by atoms with van der Waals surface area (Å²) in [5.74, 6) is -1.32. The second-order valence-corrected chi connectivity index (χ2v) is 9.70. The molecule has 1 fully saturated rings. The lowest BCUT2D eigenvalue weighted by molar-refractivity contribution is -0.150. The minimum absolute atomic E-state index is 0.0684. The number of thioether (sulfide) groups is 1. The molecule has 4 aliphatic rings. The van der Waals surface area contributed by atoms with Gasteiger partial charge in [0.15, 0.2) is 10.8 Å². The van der Waals surface area contributed by atoms with Crippen molar-refractivity contribution in [3.63, 3.8) is 0 Å². The number of nitrogen functional groups attached to an aromatic ring is 1. The number of nitrogens with one attached hydrogen (secondary N) is 1. The number of carbonyl (C=O) groups is 3. The molecule has 4 N–H and O–H groups in total. The molecule has 2 amide bonds. The lowest BCUT2D eigenvalue weighted by Crippen LogP contribution is -2.71. The van der Waals surface area contributed by atoms with Crippen LogP contribution in [0.2, 0.25) is 0 Å². The molecule has 15 heteroatoms. The molecule has 182 valence electrons. The van der Waals surface area contributed by atoms with Crippen molar-refractivity contribution in [3.8, 4) is 0 Å². The molecule has 1 saturated heterocycles. The molecule has 1 aromatic rings. The number of oxime groups is 1. The number of aliphatic imine (C=N–C) groups is 1. The van der Waals surface area contributed by atoms with Crippen LogP contribution < -0.4 is 11.1 Å². The van der Waals surface area contributed by atoms with Gasteiger partial charge >= 0.3 is 5.97 Å². The third-order valence-electron chi connectivity index (χ3n) is 5.60. The van der Waals surface area contributed by atoms with E-state index in [1.54, 1.807) is 11.6 Å². The van der Waals surface area contributed by atoms with Crippen molar-refractivity contribution in [3.05, 3.63) is 47.0 Å². The number of guanidine groups is 1. The van der Waals surface area contributed by atoms with Gasteiger partial charge in [0.2, 0.25) is 5.96 Å². The number of aliphatic carboxylic acids is 1. The normalized spacial score (nSPS) is 23.1. The van der Waals surface area contributed by atoms with E-state index in [1.807, 2.05) is 28.3 Å². The molecule has 0 radical (unpaired) electrons. The summed E-state index contributed by atoms with van der Waals surface area (Å²) in [5.41, 5.74) is 6.25. The second kappa shape index (κ2) is 9.07. The van der Waals surface area contributed by atoms with Crippen LogP contribution in [-0.2, 0) is 19.2 Å². The van der Waals surface area contributed by atoms with Gasteiger partial charge in [-0.15, -0.1) is 23.1 Å². The van der Waals surface area contributed by atoms with Crippen molar-refractivity contribution >= 4 is 57.7 Å². The molecule has 0 spiro atoms. The Balaban J connectivity index is 1.33. The molecule has 0 aliphatic carbocycles. The lowest BCUT2D eigenvalue weighted by atomic mass is 10.0.